The van der Waals surface area contributed by atoms with Gasteiger partial charge in [0, 0.05) is 0 Å². The van der Waals surface area contributed by atoms with E-state index >= 15 is 0 Å². The van der Waals surface area contributed by atoms with Crippen LogP contribution in [-0.2, 0) is 28.4 Å². The molecule has 0 radical (unpaired) electrons. The van der Waals surface area contributed by atoms with Gasteiger partial charge in [-0.15, -0.1) is 4.33 Å². The number of ether oxygens (including phenoxy) is 2. The maximum absolute atomic E-state index is 13.6. The van der Waals surface area contributed by atoms with Crippen LogP contribution in [0.5, 0.6) is 0 Å². The molecular weight excluding hydrogens is 603 g/mol. The summed E-state index contributed by atoms with van der Waals surface area (Å²) < 4.78 is 129. The predicted molar refractivity (Wildman–Crippen MR) is 129 cm³/mol. The normalized spacial score (nSPS) is 13.7. The molecule has 0 aromatic carbocycles. The number of carbonyl (C=O) groups excluding carboxylic acids is 2. The first-order valence-corrected chi connectivity index (χ1v) is 14.0. The second kappa shape index (κ2) is 19.7. The number of hydrogen-bond donors (Lipinski definition) is 1. The summed E-state index contributed by atoms with van der Waals surface area (Å²) in [5.41, 5.74) is 0. The second-order valence-corrected chi connectivity index (χ2v) is 10.2. The van der Waals surface area contributed by atoms with Crippen molar-refractivity contribution < 1.29 is 73.2 Å². The molecule has 244 valence electrons. The van der Waals surface area contributed by atoms with Crippen molar-refractivity contribution in [3.05, 3.63) is 0 Å². The molecule has 7 nitrogen and oxygen atoms in total. The molecule has 0 amide bonds. The molecule has 0 heterocycles. The van der Waals surface area contributed by atoms with E-state index in [9.17, 15) is 49.1 Å². The van der Waals surface area contributed by atoms with Crippen LogP contribution in [0.1, 0.15) is 96.8 Å². The summed E-state index contributed by atoms with van der Waals surface area (Å²) in [7, 11) is 0. The van der Waals surface area contributed by atoms with Crippen LogP contribution in [0, 0.1) is 0 Å². The van der Waals surface area contributed by atoms with Crippen molar-refractivity contribution in [3.63, 3.8) is 0 Å². The third kappa shape index (κ3) is 14.5. The molecule has 0 fully saturated rings. The standard InChI is InChI=1S/C24H37F9O7S/c1-2-3-4-5-6-7-8-9-10-11-12-13-15-37-19(34)17-18(41-40-39-36)20(35)38-16-14-21(25,26)22(27,28)23(29,30)24(31,32)33/h18,36H,2-17H2,1H3. The first-order valence-electron chi connectivity index (χ1n) is 13.2. The molecule has 1 N–H and O–H groups in total. The van der Waals surface area contributed by atoms with Crippen LogP contribution in [0.2, 0.25) is 0 Å². The highest BCUT2D eigenvalue weighted by atomic mass is 32.2. The Balaban J connectivity index is 4.47. The van der Waals surface area contributed by atoms with E-state index in [1.165, 1.54) is 38.5 Å². The van der Waals surface area contributed by atoms with E-state index in [-0.39, 0.29) is 18.6 Å². The molecule has 0 aliphatic rings. The lowest BCUT2D eigenvalue weighted by Crippen LogP contribution is -2.61. The molecule has 1 atom stereocenters. The minimum atomic E-state index is -7.07. The molecule has 17 heteroatoms. The Morgan fingerprint density at radius 1 is 0.707 bits per heavy atom. The van der Waals surface area contributed by atoms with Crippen LogP contribution in [0.4, 0.5) is 39.5 Å². The highest BCUT2D eigenvalue weighted by Gasteiger charge is 2.81. The zero-order valence-electron chi connectivity index (χ0n) is 22.6. The van der Waals surface area contributed by atoms with Crippen molar-refractivity contribution in [2.75, 3.05) is 13.2 Å². The van der Waals surface area contributed by atoms with E-state index < -0.39 is 60.6 Å². The smallest absolute Gasteiger partial charge is 0.460 e. The Hall–Kier alpha value is -1.46. The third-order valence-electron chi connectivity index (χ3n) is 5.93. The van der Waals surface area contributed by atoms with Gasteiger partial charge in [0.2, 0.25) is 0 Å². The van der Waals surface area contributed by atoms with Crippen LogP contribution in [0.25, 0.3) is 0 Å². The van der Waals surface area contributed by atoms with Gasteiger partial charge in [-0.1, -0.05) is 82.6 Å². The molecule has 0 spiro atoms. The molecule has 0 aromatic heterocycles. The maximum Gasteiger partial charge on any atom is 0.460 e. The van der Waals surface area contributed by atoms with Crippen LogP contribution >= 0.6 is 12.0 Å². The first-order chi connectivity index (χ1) is 19.0. The molecule has 0 saturated heterocycles. The van der Waals surface area contributed by atoms with Gasteiger partial charge >= 0.3 is 35.9 Å². The van der Waals surface area contributed by atoms with Gasteiger partial charge in [0.05, 0.1) is 38.1 Å². The van der Waals surface area contributed by atoms with E-state index in [1.807, 2.05) is 0 Å². The Labute approximate surface area is 236 Å². The van der Waals surface area contributed by atoms with Gasteiger partial charge in [-0.25, -0.2) is 5.26 Å². The van der Waals surface area contributed by atoms with E-state index in [4.69, 9.17) is 9.99 Å². The fourth-order valence-electron chi connectivity index (χ4n) is 3.50. The number of esters is 2. The number of carbonyl (C=O) groups is 2. The largest absolute Gasteiger partial charge is 0.466 e. The molecule has 0 bridgehead atoms. The van der Waals surface area contributed by atoms with Crippen molar-refractivity contribution in [2.45, 2.75) is 126 Å². The summed E-state index contributed by atoms with van der Waals surface area (Å²) in [4.78, 5) is 24.0. The molecule has 0 aliphatic heterocycles. The lowest BCUT2D eigenvalue weighted by molar-refractivity contribution is -0.432. The van der Waals surface area contributed by atoms with Crippen molar-refractivity contribution in [3.8, 4) is 0 Å². The number of hydrogen-bond acceptors (Lipinski definition) is 8. The Morgan fingerprint density at radius 2 is 1.20 bits per heavy atom. The van der Waals surface area contributed by atoms with Gasteiger partial charge in [0.15, 0.2) is 0 Å². The summed E-state index contributed by atoms with van der Waals surface area (Å²) >= 11 is -0.0610. The number of halogens is 9. The van der Waals surface area contributed by atoms with Gasteiger partial charge < -0.3 is 9.47 Å². The fourth-order valence-corrected chi connectivity index (χ4v) is 3.98. The van der Waals surface area contributed by atoms with Crippen molar-refractivity contribution in [2.24, 2.45) is 0 Å². The van der Waals surface area contributed by atoms with Gasteiger partial charge in [-0.05, 0) is 6.42 Å². The summed E-state index contributed by atoms with van der Waals surface area (Å²) in [5.74, 6) is -22.5. The highest BCUT2D eigenvalue weighted by Crippen LogP contribution is 2.54. The van der Waals surface area contributed by atoms with Gasteiger partial charge in [-0.2, -0.15) is 39.5 Å². The topological polar surface area (TPSA) is 91.3 Å². The monoisotopic (exact) mass is 640 g/mol. The summed E-state index contributed by atoms with van der Waals surface area (Å²) in [6, 6.07) is 0. The SMILES string of the molecule is CCCCCCCCCCCCCCOC(=O)CC(SOOO)C(=O)OCCC(F)(F)C(F)(F)C(F)(F)C(F)(F)F. The Kier molecular flexibility index (Phi) is 19.0. The lowest BCUT2D eigenvalue weighted by atomic mass is 10.0. The summed E-state index contributed by atoms with van der Waals surface area (Å²) in [5, 5.41) is 9.72. The first kappa shape index (κ1) is 39.5. The van der Waals surface area contributed by atoms with Crippen LogP contribution in [0.15, 0.2) is 0 Å². The average Bonchev–Trinajstić information content (AvgIpc) is 2.88. The van der Waals surface area contributed by atoms with Crippen molar-refractivity contribution in [1.82, 2.24) is 0 Å². The Bertz CT molecular complexity index is 741. The number of alkyl halides is 9. The average molecular weight is 641 g/mol. The van der Waals surface area contributed by atoms with Crippen LogP contribution < -0.4 is 0 Å². The van der Waals surface area contributed by atoms with Crippen molar-refractivity contribution >= 4 is 24.0 Å². The number of unbranched alkanes of at least 4 members (excludes halogenated alkanes) is 11. The molecule has 41 heavy (non-hydrogen) atoms. The zero-order chi connectivity index (χ0) is 31.6. The van der Waals surface area contributed by atoms with Crippen molar-refractivity contribution in [1.29, 1.82) is 0 Å². The molecule has 0 aromatic rings. The maximum atomic E-state index is 13.6. The van der Waals surface area contributed by atoms with Crippen LogP contribution in [-0.4, -0.2) is 59.6 Å². The molecule has 0 aliphatic carbocycles. The lowest BCUT2D eigenvalue weighted by Gasteiger charge is -2.33. The minimum Gasteiger partial charge on any atom is -0.466 e. The molecule has 1 unspecified atom stereocenters. The van der Waals surface area contributed by atoms with E-state index in [0.717, 1.165) is 32.1 Å². The van der Waals surface area contributed by atoms with Crippen LogP contribution in [0.3, 0.4) is 0 Å². The Morgan fingerprint density at radius 3 is 1.66 bits per heavy atom. The molecular formula is C24H37F9O7S. The van der Waals surface area contributed by atoms with E-state index in [0.29, 0.717) is 6.42 Å². The second-order valence-electron chi connectivity index (χ2n) is 9.31. The minimum absolute atomic E-state index is 0.0191. The fraction of sp³-hybridized carbons (Fsp3) is 0.917. The van der Waals surface area contributed by atoms with Gasteiger partial charge in [0.1, 0.15) is 5.25 Å². The summed E-state index contributed by atoms with van der Waals surface area (Å²) in [6.45, 7) is 0.423. The number of rotatable bonds is 24. The molecule has 0 saturated carbocycles. The van der Waals surface area contributed by atoms with Gasteiger partial charge in [-0.3, -0.25) is 9.59 Å². The predicted octanol–water partition coefficient (Wildman–Crippen LogP) is 8.46. The zero-order valence-corrected chi connectivity index (χ0v) is 23.4. The molecule has 0 rings (SSSR count). The van der Waals surface area contributed by atoms with E-state index in [2.05, 4.69) is 21.0 Å². The third-order valence-corrected chi connectivity index (χ3v) is 6.66. The summed E-state index contributed by atoms with van der Waals surface area (Å²) in [6.07, 6.45) is 2.61. The highest BCUT2D eigenvalue weighted by molar-refractivity contribution is 7.95. The quantitative estimate of drug-likeness (QED) is 0.0281. The van der Waals surface area contributed by atoms with E-state index in [1.54, 1.807) is 0 Å². The van der Waals surface area contributed by atoms with Gasteiger partial charge in [0.25, 0.3) is 0 Å².